The minimum absolute atomic E-state index is 0.0659. The lowest BCUT2D eigenvalue weighted by Crippen LogP contribution is -2.24. The maximum absolute atomic E-state index is 3.90. The van der Waals surface area contributed by atoms with Gasteiger partial charge in [0.25, 0.3) is 0 Å². The van der Waals surface area contributed by atoms with Crippen molar-refractivity contribution in [1.29, 1.82) is 0 Å². The molecule has 4 aromatic carbocycles. The highest BCUT2D eigenvalue weighted by Gasteiger charge is 2.42. The molecule has 0 radical (unpaired) electrons. The maximum atomic E-state index is 3.90. The van der Waals surface area contributed by atoms with Crippen molar-refractivity contribution in [2.75, 3.05) is 5.32 Å². The normalized spacial score (nSPS) is 14.5. The molecule has 2 aliphatic rings. The molecule has 0 fully saturated rings. The summed E-state index contributed by atoms with van der Waals surface area (Å²) < 4.78 is 0. The molecule has 0 heterocycles. The predicted molar refractivity (Wildman–Crippen MR) is 131 cm³/mol. The molecule has 0 saturated carbocycles. The third-order valence-electron chi connectivity index (χ3n) is 7.60. The molecule has 1 heteroatoms. The molecule has 4 aromatic rings. The van der Waals surface area contributed by atoms with Gasteiger partial charge in [-0.1, -0.05) is 86.6 Å². The summed E-state index contributed by atoms with van der Waals surface area (Å²) in [6.45, 7) is 4.67. The van der Waals surface area contributed by atoms with Crippen molar-refractivity contribution in [2.45, 2.75) is 38.5 Å². The Morgan fingerprint density at radius 1 is 0.645 bits per heavy atom. The summed E-state index contributed by atoms with van der Waals surface area (Å²) in [5.74, 6) is 0. The maximum Gasteiger partial charge on any atom is 0.0432 e. The molecule has 1 N–H and O–H groups in total. The van der Waals surface area contributed by atoms with Crippen molar-refractivity contribution >= 4 is 11.4 Å². The van der Waals surface area contributed by atoms with E-state index in [1.54, 1.807) is 0 Å². The van der Waals surface area contributed by atoms with Gasteiger partial charge in [0.2, 0.25) is 0 Å². The van der Waals surface area contributed by atoms with E-state index >= 15 is 0 Å². The standard InChI is InChI=1S/C30H27N/c1-3-30(4-2)26-16-8-7-13-23(26)24-15-10-18-28(29(24)30)31-27-17-9-14-22-21-12-6-5-11-20(21)19-25(22)27/h5-18,31H,3-4,19H2,1-2H3. The van der Waals surface area contributed by atoms with Gasteiger partial charge < -0.3 is 5.32 Å². The average Bonchev–Trinajstić information content (AvgIpc) is 3.34. The summed E-state index contributed by atoms with van der Waals surface area (Å²) in [7, 11) is 0. The Morgan fingerprint density at radius 3 is 2.10 bits per heavy atom. The third-order valence-corrected chi connectivity index (χ3v) is 7.60. The van der Waals surface area contributed by atoms with Crippen molar-refractivity contribution in [3.8, 4) is 22.3 Å². The van der Waals surface area contributed by atoms with E-state index in [-0.39, 0.29) is 5.41 Å². The number of hydrogen-bond donors (Lipinski definition) is 1. The van der Waals surface area contributed by atoms with E-state index in [4.69, 9.17) is 0 Å². The Labute approximate surface area is 184 Å². The second-order valence-electron chi connectivity index (χ2n) is 8.85. The second kappa shape index (κ2) is 6.85. The SMILES string of the molecule is CCC1(CC)c2ccccc2-c2cccc(Nc3cccc4c3Cc3ccccc3-4)c21. The number of nitrogens with one attached hydrogen (secondary N) is 1. The molecule has 0 aliphatic heterocycles. The first-order valence-electron chi connectivity index (χ1n) is 11.5. The Morgan fingerprint density at radius 2 is 1.29 bits per heavy atom. The molecule has 0 atom stereocenters. The van der Waals surface area contributed by atoms with Crippen LogP contribution in [0.5, 0.6) is 0 Å². The molecule has 152 valence electrons. The van der Waals surface area contributed by atoms with Gasteiger partial charge >= 0.3 is 0 Å². The highest BCUT2D eigenvalue weighted by atomic mass is 14.9. The molecular formula is C30H27N. The third kappa shape index (κ3) is 2.50. The van der Waals surface area contributed by atoms with E-state index in [0.717, 1.165) is 19.3 Å². The van der Waals surface area contributed by atoms with Crippen molar-refractivity contribution in [3.05, 3.63) is 107 Å². The summed E-state index contributed by atoms with van der Waals surface area (Å²) in [6.07, 6.45) is 3.20. The lowest BCUT2D eigenvalue weighted by Gasteiger charge is -2.31. The summed E-state index contributed by atoms with van der Waals surface area (Å²) in [4.78, 5) is 0. The van der Waals surface area contributed by atoms with Crippen LogP contribution in [0.25, 0.3) is 22.3 Å². The van der Waals surface area contributed by atoms with Crippen LogP contribution >= 0.6 is 0 Å². The van der Waals surface area contributed by atoms with Crippen molar-refractivity contribution in [2.24, 2.45) is 0 Å². The Balaban J connectivity index is 1.51. The molecule has 0 bridgehead atoms. The zero-order valence-electron chi connectivity index (χ0n) is 18.2. The quantitative estimate of drug-likeness (QED) is 0.321. The average molecular weight is 402 g/mol. The lowest BCUT2D eigenvalue weighted by atomic mass is 9.73. The van der Waals surface area contributed by atoms with Crippen LogP contribution in [-0.2, 0) is 11.8 Å². The topological polar surface area (TPSA) is 12.0 Å². The van der Waals surface area contributed by atoms with Crippen molar-refractivity contribution in [3.63, 3.8) is 0 Å². The molecule has 0 unspecified atom stereocenters. The smallest absolute Gasteiger partial charge is 0.0432 e. The van der Waals surface area contributed by atoms with E-state index in [2.05, 4.69) is 104 Å². The van der Waals surface area contributed by atoms with Crippen LogP contribution in [0.15, 0.2) is 84.9 Å². The van der Waals surface area contributed by atoms with Gasteiger partial charge in [0.15, 0.2) is 0 Å². The van der Waals surface area contributed by atoms with Gasteiger partial charge in [-0.25, -0.2) is 0 Å². The minimum Gasteiger partial charge on any atom is -0.355 e. The fourth-order valence-corrected chi connectivity index (χ4v) is 6.07. The second-order valence-corrected chi connectivity index (χ2v) is 8.85. The predicted octanol–water partition coefficient (Wildman–Crippen LogP) is 8.09. The van der Waals surface area contributed by atoms with Crippen LogP contribution in [0.2, 0.25) is 0 Å². The van der Waals surface area contributed by atoms with Crippen LogP contribution in [0.1, 0.15) is 48.9 Å². The van der Waals surface area contributed by atoms with E-state index in [1.165, 1.54) is 55.9 Å². The Kier molecular flexibility index (Phi) is 4.08. The van der Waals surface area contributed by atoms with Crippen LogP contribution in [0.4, 0.5) is 11.4 Å². The molecule has 1 nitrogen and oxygen atoms in total. The molecule has 31 heavy (non-hydrogen) atoms. The van der Waals surface area contributed by atoms with E-state index in [1.807, 2.05) is 0 Å². The fourth-order valence-electron chi connectivity index (χ4n) is 6.07. The largest absolute Gasteiger partial charge is 0.355 e. The molecule has 0 amide bonds. The summed E-state index contributed by atoms with van der Waals surface area (Å²) >= 11 is 0. The highest BCUT2D eigenvalue weighted by Crippen LogP contribution is 2.55. The number of fused-ring (bicyclic) bond motifs is 6. The summed E-state index contributed by atoms with van der Waals surface area (Å²) in [5.41, 5.74) is 13.9. The van der Waals surface area contributed by atoms with Gasteiger partial charge in [-0.05, 0) is 69.5 Å². The van der Waals surface area contributed by atoms with E-state index in [9.17, 15) is 0 Å². The van der Waals surface area contributed by atoms with Crippen molar-refractivity contribution in [1.82, 2.24) is 0 Å². The summed E-state index contributed by atoms with van der Waals surface area (Å²) in [5, 5.41) is 3.90. The van der Waals surface area contributed by atoms with Crippen LogP contribution < -0.4 is 5.32 Å². The van der Waals surface area contributed by atoms with Crippen LogP contribution in [-0.4, -0.2) is 0 Å². The lowest BCUT2D eigenvalue weighted by molar-refractivity contribution is 0.492. The van der Waals surface area contributed by atoms with Gasteiger partial charge in [-0.3, -0.25) is 0 Å². The highest BCUT2D eigenvalue weighted by molar-refractivity contribution is 5.89. The number of hydrogen-bond acceptors (Lipinski definition) is 1. The first-order chi connectivity index (χ1) is 15.3. The van der Waals surface area contributed by atoms with Gasteiger partial charge in [0, 0.05) is 23.2 Å². The van der Waals surface area contributed by atoms with Gasteiger partial charge in [-0.2, -0.15) is 0 Å². The Bertz CT molecular complexity index is 1310. The molecule has 2 aliphatic carbocycles. The van der Waals surface area contributed by atoms with Gasteiger partial charge in [-0.15, -0.1) is 0 Å². The first-order valence-corrected chi connectivity index (χ1v) is 11.5. The molecule has 0 spiro atoms. The number of rotatable bonds is 4. The van der Waals surface area contributed by atoms with Crippen LogP contribution in [0.3, 0.4) is 0 Å². The van der Waals surface area contributed by atoms with Gasteiger partial charge in [0.1, 0.15) is 0 Å². The zero-order chi connectivity index (χ0) is 21.0. The molecule has 6 rings (SSSR count). The van der Waals surface area contributed by atoms with Gasteiger partial charge in [0.05, 0.1) is 0 Å². The molecule has 0 saturated heterocycles. The monoisotopic (exact) mass is 401 g/mol. The fraction of sp³-hybridized carbons (Fsp3) is 0.200. The summed E-state index contributed by atoms with van der Waals surface area (Å²) in [6, 6.07) is 31.3. The van der Waals surface area contributed by atoms with Crippen molar-refractivity contribution < 1.29 is 0 Å². The molecular weight excluding hydrogens is 374 g/mol. The van der Waals surface area contributed by atoms with E-state index < -0.39 is 0 Å². The van der Waals surface area contributed by atoms with Crippen LogP contribution in [0, 0.1) is 0 Å². The number of anilines is 2. The molecule has 0 aromatic heterocycles. The Hall–Kier alpha value is -3.32. The number of benzene rings is 4. The first kappa shape index (κ1) is 18.4. The minimum atomic E-state index is 0.0659. The van der Waals surface area contributed by atoms with E-state index in [0.29, 0.717) is 0 Å². The zero-order valence-corrected chi connectivity index (χ0v) is 18.2.